The Morgan fingerprint density at radius 1 is 1.12 bits per heavy atom. The second-order valence-corrected chi connectivity index (χ2v) is 7.72. The molecule has 3 unspecified atom stereocenters. The number of quaternary nitrogens is 1. The summed E-state index contributed by atoms with van der Waals surface area (Å²) in [4.78, 5) is 2.19. The Balaban J connectivity index is 1.89. The van der Waals surface area contributed by atoms with Crippen LogP contribution in [0.5, 0.6) is 0 Å². The molecule has 0 bridgehead atoms. The number of fused-ring (bicyclic) bond motifs is 3. The van der Waals surface area contributed by atoms with Gasteiger partial charge in [0.2, 0.25) is 0 Å². The summed E-state index contributed by atoms with van der Waals surface area (Å²) < 4.78 is 0.378. The molecular weight excluding hydrogens is 359 g/mol. The maximum atomic E-state index is 12.8. The topological polar surface area (TPSA) is 41.6 Å². The zero-order chi connectivity index (χ0) is 17.8. The first-order valence-electron chi connectivity index (χ1n) is 8.26. The molecule has 0 radical (unpaired) electrons. The monoisotopic (exact) mass is 378 g/mol. The normalized spacial score (nSPS) is 29.2. The summed E-state index contributed by atoms with van der Waals surface area (Å²) in [6.45, 7) is 3.09. The molecule has 132 valence electrons. The number of halogens is 2. The molecule has 25 heavy (non-hydrogen) atoms. The van der Waals surface area contributed by atoms with E-state index in [2.05, 4.69) is 10.3 Å². The average Bonchev–Trinajstić information content (AvgIpc) is 2.71. The molecule has 5 nitrogen and oxygen atoms in total. The third kappa shape index (κ3) is 2.72. The Morgan fingerprint density at radius 2 is 1.84 bits per heavy atom. The second-order valence-electron chi connectivity index (χ2n) is 6.90. The molecule has 0 aromatic heterocycles. The summed E-state index contributed by atoms with van der Waals surface area (Å²) in [6, 6.07) is 13.6. The highest BCUT2D eigenvalue weighted by atomic mass is 35.5. The van der Waals surface area contributed by atoms with Gasteiger partial charge in [0.25, 0.3) is 0 Å². The highest BCUT2D eigenvalue weighted by Crippen LogP contribution is 2.43. The van der Waals surface area contributed by atoms with Gasteiger partial charge >= 0.3 is 0 Å². The van der Waals surface area contributed by atoms with Crippen molar-refractivity contribution < 1.29 is 4.59 Å². The van der Waals surface area contributed by atoms with Crippen molar-refractivity contribution >= 4 is 28.9 Å². The summed E-state index contributed by atoms with van der Waals surface area (Å²) in [7, 11) is 2.04. The van der Waals surface area contributed by atoms with Crippen molar-refractivity contribution in [2.75, 3.05) is 18.6 Å². The van der Waals surface area contributed by atoms with Crippen molar-refractivity contribution in [3.05, 3.63) is 68.8 Å². The smallest absolute Gasteiger partial charge is 0.181 e. The standard InChI is InChI=1S/C18H20Cl2N4O/c1-12-21-24(2)11-22(17-9-4-3-7-16(17)20)10-14-13(18(24)23(12)25)6-5-8-15(14)19/h3-9,12,18,21H,10-11H2,1-2H3. The van der Waals surface area contributed by atoms with Gasteiger partial charge < -0.3 is 15.2 Å². The van der Waals surface area contributed by atoms with Crippen LogP contribution in [0, 0.1) is 5.21 Å². The first-order valence-corrected chi connectivity index (χ1v) is 9.01. The minimum absolute atomic E-state index is 0.284. The lowest BCUT2D eigenvalue weighted by molar-refractivity contribution is -0.971. The number of para-hydroxylation sites is 1. The molecule has 2 heterocycles. The van der Waals surface area contributed by atoms with Gasteiger partial charge in [0, 0.05) is 16.1 Å². The third-order valence-electron chi connectivity index (χ3n) is 5.08. The molecule has 1 N–H and O–H groups in total. The van der Waals surface area contributed by atoms with E-state index in [0.29, 0.717) is 27.9 Å². The van der Waals surface area contributed by atoms with E-state index < -0.39 is 0 Å². The fraction of sp³-hybridized carbons (Fsp3) is 0.333. The van der Waals surface area contributed by atoms with Gasteiger partial charge in [-0.05, 0) is 25.1 Å². The quantitative estimate of drug-likeness (QED) is 0.759. The Hall–Kier alpha value is -1.34. The summed E-state index contributed by atoms with van der Waals surface area (Å²) >= 11 is 13.0. The molecule has 0 spiro atoms. The van der Waals surface area contributed by atoms with Crippen molar-refractivity contribution in [1.82, 2.24) is 10.5 Å². The van der Waals surface area contributed by atoms with Crippen molar-refractivity contribution in [3.8, 4) is 0 Å². The highest BCUT2D eigenvalue weighted by Gasteiger charge is 2.49. The van der Waals surface area contributed by atoms with Crippen molar-refractivity contribution in [2.45, 2.75) is 25.8 Å². The molecule has 2 aromatic rings. The average molecular weight is 379 g/mol. The first-order chi connectivity index (χ1) is 11.9. The SMILES string of the molecule is CC1N[N+]2(C)CN(c3ccccc3Cl)Cc3c(Cl)cccc3C2N1[O-]. The van der Waals surface area contributed by atoms with Crippen molar-refractivity contribution in [3.63, 3.8) is 0 Å². The predicted octanol–water partition coefficient (Wildman–Crippen LogP) is 4.08. The molecule has 2 aromatic carbocycles. The van der Waals surface area contributed by atoms with Gasteiger partial charge in [0.05, 0.1) is 30.5 Å². The summed E-state index contributed by atoms with van der Waals surface area (Å²) in [5.74, 6) is 0. The Kier molecular flexibility index (Phi) is 4.19. The Bertz CT molecular complexity index is 817. The number of anilines is 1. The molecular formula is C18H20Cl2N4O. The van der Waals surface area contributed by atoms with Crippen LogP contribution in [-0.2, 0) is 6.54 Å². The van der Waals surface area contributed by atoms with Crippen molar-refractivity contribution in [1.29, 1.82) is 0 Å². The Labute approximate surface area is 157 Å². The molecule has 0 saturated carbocycles. The third-order valence-corrected chi connectivity index (χ3v) is 5.76. The summed E-state index contributed by atoms with van der Waals surface area (Å²) in [5.41, 5.74) is 6.31. The van der Waals surface area contributed by atoms with E-state index in [1.54, 1.807) is 0 Å². The number of hydroxylamine groups is 2. The van der Waals surface area contributed by atoms with E-state index in [9.17, 15) is 5.21 Å². The number of hydrogen-bond donors (Lipinski definition) is 1. The molecule has 2 aliphatic rings. The zero-order valence-corrected chi connectivity index (χ0v) is 15.6. The second kappa shape index (κ2) is 6.13. The van der Waals surface area contributed by atoms with Crippen LogP contribution in [-0.4, -0.2) is 29.5 Å². The zero-order valence-electron chi connectivity index (χ0n) is 14.1. The van der Waals surface area contributed by atoms with Gasteiger partial charge in [-0.15, -0.1) is 5.43 Å². The lowest BCUT2D eigenvalue weighted by Crippen LogP contribution is -2.57. The van der Waals surface area contributed by atoms with Gasteiger partial charge in [-0.1, -0.05) is 47.5 Å². The fourth-order valence-corrected chi connectivity index (χ4v) is 4.53. The van der Waals surface area contributed by atoms with Crippen LogP contribution in [0.25, 0.3) is 0 Å². The minimum Gasteiger partial charge on any atom is -0.780 e. The van der Waals surface area contributed by atoms with E-state index >= 15 is 0 Å². The van der Waals surface area contributed by atoms with Crippen LogP contribution in [0.3, 0.4) is 0 Å². The van der Waals surface area contributed by atoms with Gasteiger partial charge in [-0.2, -0.15) is 0 Å². The van der Waals surface area contributed by atoms with E-state index in [4.69, 9.17) is 23.2 Å². The largest absolute Gasteiger partial charge is 0.780 e. The number of rotatable bonds is 1. The van der Waals surface area contributed by atoms with Gasteiger partial charge in [0.1, 0.15) is 0 Å². The highest BCUT2D eigenvalue weighted by molar-refractivity contribution is 6.33. The molecule has 0 aliphatic carbocycles. The molecule has 1 fully saturated rings. The maximum absolute atomic E-state index is 12.8. The van der Waals surface area contributed by atoms with Crippen LogP contribution in [0.4, 0.5) is 5.69 Å². The molecule has 4 rings (SSSR count). The molecule has 0 amide bonds. The van der Waals surface area contributed by atoms with E-state index in [0.717, 1.165) is 21.9 Å². The van der Waals surface area contributed by atoms with Crippen LogP contribution in [0.15, 0.2) is 42.5 Å². The van der Waals surface area contributed by atoms with E-state index in [-0.39, 0.29) is 12.3 Å². The lowest BCUT2D eigenvalue weighted by atomic mass is 10.0. The van der Waals surface area contributed by atoms with Crippen LogP contribution < -0.4 is 10.3 Å². The Morgan fingerprint density at radius 3 is 2.60 bits per heavy atom. The number of benzene rings is 2. The minimum atomic E-state index is -0.351. The van der Waals surface area contributed by atoms with Gasteiger partial charge in [-0.25, -0.2) is 4.59 Å². The number of hydrogen-bond acceptors (Lipinski definition) is 4. The van der Waals surface area contributed by atoms with E-state index in [1.165, 1.54) is 0 Å². The predicted molar refractivity (Wildman–Crippen MR) is 101 cm³/mol. The molecule has 3 atom stereocenters. The number of nitrogens with one attached hydrogen (secondary N) is 1. The van der Waals surface area contributed by atoms with Gasteiger partial charge in [0.15, 0.2) is 12.8 Å². The van der Waals surface area contributed by atoms with Crippen LogP contribution >= 0.6 is 23.2 Å². The van der Waals surface area contributed by atoms with Crippen molar-refractivity contribution in [2.24, 2.45) is 0 Å². The summed E-state index contributed by atoms with van der Waals surface area (Å²) in [5, 5.41) is 15.3. The molecule has 7 heteroatoms. The maximum Gasteiger partial charge on any atom is 0.181 e. The first kappa shape index (κ1) is 17.1. The van der Waals surface area contributed by atoms with Crippen LogP contribution in [0.1, 0.15) is 24.2 Å². The lowest BCUT2D eigenvalue weighted by Gasteiger charge is -2.39. The van der Waals surface area contributed by atoms with E-state index in [1.807, 2.05) is 56.4 Å². The fourth-order valence-electron chi connectivity index (χ4n) is 4.03. The molecule has 1 saturated heterocycles. The number of nitrogens with zero attached hydrogens (tertiary/aromatic N) is 3. The van der Waals surface area contributed by atoms with Gasteiger partial charge in [-0.3, -0.25) is 0 Å². The molecule has 2 aliphatic heterocycles. The summed E-state index contributed by atoms with van der Waals surface area (Å²) in [6.07, 6.45) is -0.635. The van der Waals surface area contributed by atoms with Crippen LogP contribution in [0.2, 0.25) is 10.0 Å².